The van der Waals surface area contributed by atoms with Gasteiger partial charge in [0.2, 0.25) is 0 Å². The molecule has 0 spiro atoms. The highest BCUT2D eigenvalue weighted by Crippen LogP contribution is 2.29. The zero-order valence-corrected chi connectivity index (χ0v) is 11.7. The number of hydrogen-bond acceptors (Lipinski definition) is 4. The van der Waals surface area contributed by atoms with Gasteiger partial charge in [0, 0.05) is 6.20 Å². The summed E-state index contributed by atoms with van der Waals surface area (Å²) in [5, 5.41) is 19.1. The van der Waals surface area contributed by atoms with Gasteiger partial charge in [0.15, 0.2) is 11.9 Å². The van der Waals surface area contributed by atoms with E-state index in [4.69, 9.17) is 9.84 Å². The predicted molar refractivity (Wildman–Crippen MR) is 74.8 cm³/mol. The van der Waals surface area contributed by atoms with Crippen molar-refractivity contribution >= 4 is 15.9 Å². The Morgan fingerprint density at radius 2 is 1.89 bits per heavy atom. The molecule has 100 valence electrons. The molecule has 2 aromatic rings. The molecule has 0 unspecified atom stereocenters. The molecular formula is C14H14BrNO3. The number of aliphatic hydroxyl groups excluding tert-OH is 2. The summed E-state index contributed by atoms with van der Waals surface area (Å²) in [6, 6.07) is 12.8. The number of benzene rings is 1. The largest absolute Gasteiger partial charge is 0.480 e. The van der Waals surface area contributed by atoms with Crippen molar-refractivity contribution in [1.29, 1.82) is 0 Å². The van der Waals surface area contributed by atoms with Crippen molar-refractivity contribution in [3.8, 4) is 5.75 Å². The first-order valence-electron chi connectivity index (χ1n) is 5.83. The Labute approximate surface area is 119 Å². The summed E-state index contributed by atoms with van der Waals surface area (Å²) in [6.45, 7) is -0.378. The molecule has 0 fully saturated rings. The maximum absolute atomic E-state index is 9.91. The molecule has 0 aliphatic heterocycles. The van der Waals surface area contributed by atoms with Crippen LogP contribution in [-0.4, -0.2) is 27.9 Å². The molecule has 2 rings (SSSR count). The Morgan fingerprint density at radius 1 is 1.16 bits per heavy atom. The molecule has 1 heterocycles. The van der Waals surface area contributed by atoms with Crippen LogP contribution in [0, 0.1) is 0 Å². The van der Waals surface area contributed by atoms with E-state index in [2.05, 4.69) is 20.9 Å². The third-order valence-electron chi connectivity index (χ3n) is 2.64. The van der Waals surface area contributed by atoms with Crippen LogP contribution in [0.2, 0.25) is 0 Å². The summed E-state index contributed by atoms with van der Waals surface area (Å²) >= 11 is 3.29. The standard InChI is InChI=1S/C14H14BrNO3/c15-14-12(7-4-8-16-14)19-13(11(18)9-17)10-5-2-1-3-6-10/h1-8,11,13,17-18H,9H2/t11-,13+/m1/s1. The van der Waals surface area contributed by atoms with E-state index in [1.165, 1.54) is 0 Å². The summed E-state index contributed by atoms with van der Waals surface area (Å²) in [7, 11) is 0. The number of rotatable bonds is 5. The minimum Gasteiger partial charge on any atom is -0.480 e. The number of aromatic nitrogens is 1. The lowest BCUT2D eigenvalue weighted by atomic mass is 10.0. The van der Waals surface area contributed by atoms with Gasteiger partial charge in [-0.1, -0.05) is 30.3 Å². The van der Waals surface area contributed by atoms with Crippen molar-refractivity contribution < 1.29 is 14.9 Å². The summed E-state index contributed by atoms with van der Waals surface area (Å²) in [4.78, 5) is 4.06. The highest BCUT2D eigenvalue weighted by Gasteiger charge is 2.23. The van der Waals surface area contributed by atoms with Gasteiger partial charge in [-0.15, -0.1) is 0 Å². The molecule has 2 atom stereocenters. The molecule has 0 aliphatic rings. The molecule has 0 amide bonds. The average Bonchev–Trinajstić information content (AvgIpc) is 2.46. The van der Waals surface area contributed by atoms with Crippen LogP contribution in [0.1, 0.15) is 11.7 Å². The number of halogens is 1. The van der Waals surface area contributed by atoms with E-state index in [0.717, 1.165) is 5.56 Å². The Morgan fingerprint density at radius 3 is 2.53 bits per heavy atom. The van der Waals surface area contributed by atoms with Gasteiger partial charge < -0.3 is 14.9 Å². The van der Waals surface area contributed by atoms with Gasteiger partial charge in [0.1, 0.15) is 10.7 Å². The molecule has 1 aromatic heterocycles. The Hall–Kier alpha value is -1.43. The second-order valence-electron chi connectivity index (χ2n) is 3.99. The van der Waals surface area contributed by atoms with Crippen LogP contribution in [0.15, 0.2) is 53.3 Å². The van der Waals surface area contributed by atoms with Crippen LogP contribution in [-0.2, 0) is 0 Å². The van der Waals surface area contributed by atoms with Gasteiger partial charge in [-0.25, -0.2) is 4.98 Å². The Balaban J connectivity index is 2.27. The molecule has 0 radical (unpaired) electrons. The quantitative estimate of drug-likeness (QED) is 0.829. The SMILES string of the molecule is OC[C@@H](O)[C@@H](Oc1cccnc1Br)c1ccccc1. The lowest BCUT2D eigenvalue weighted by molar-refractivity contribution is -0.00239. The molecule has 5 heteroatoms. The molecule has 0 aliphatic carbocycles. The van der Waals surface area contributed by atoms with Gasteiger partial charge >= 0.3 is 0 Å². The van der Waals surface area contributed by atoms with E-state index in [1.807, 2.05) is 30.3 Å². The molecular weight excluding hydrogens is 310 g/mol. The van der Waals surface area contributed by atoms with Gasteiger partial charge in [-0.05, 0) is 33.6 Å². The second-order valence-corrected chi connectivity index (χ2v) is 4.74. The lowest BCUT2D eigenvalue weighted by Gasteiger charge is -2.23. The molecule has 2 N–H and O–H groups in total. The van der Waals surface area contributed by atoms with Gasteiger partial charge in [0.05, 0.1) is 6.61 Å². The van der Waals surface area contributed by atoms with Crippen LogP contribution in [0.5, 0.6) is 5.75 Å². The number of hydrogen-bond donors (Lipinski definition) is 2. The van der Waals surface area contributed by atoms with Crippen molar-refractivity contribution in [2.75, 3.05) is 6.61 Å². The van der Waals surface area contributed by atoms with Crippen LogP contribution < -0.4 is 4.74 Å². The third kappa shape index (κ3) is 3.53. The highest BCUT2D eigenvalue weighted by atomic mass is 79.9. The van der Waals surface area contributed by atoms with Crippen molar-refractivity contribution in [3.05, 3.63) is 58.8 Å². The maximum Gasteiger partial charge on any atom is 0.153 e. The molecule has 0 bridgehead atoms. The molecule has 4 nitrogen and oxygen atoms in total. The van der Waals surface area contributed by atoms with E-state index in [1.54, 1.807) is 18.3 Å². The summed E-state index contributed by atoms with van der Waals surface area (Å²) in [5.41, 5.74) is 0.791. The zero-order chi connectivity index (χ0) is 13.7. The van der Waals surface area contributed by atoms with E-state index < -0.39 is 12.2 Å². The van der Waals surface area contributed by atoms with Crippen molar-refractivity contribution in [3.63, 3.8) is 0 Å². The Bertz CT molecular complexity index is 521. The topological polar surface area (TPSA) is 62.6 Å². The van der Waals surface area contributed by atoms with Gasteiger partial charge in [-0.3, -0.25) is 0 Å². The van der Waals surface area contributed by atoms with Crippen LogP contribution in [0.3, 0.4) is 0 Å². The van der Waals surface area contributed by atoms with E-state index in [9.17, 15) is 5.11 Å². The highest BCUT2D eigenvalue weighted by molar-refractivity contribution is 9.10. The fourth-order valence-corrected chi connectivity index (χ4v) is 2.05. The normalized spacial score (nSPS) is 13.8. The first-order chi connectivity index (χ1) is 9.22. The fraction of sp³-hybridized carbons (Fsp3) is 0.214. The number of ether oxygens (including phenoxy) is 1. The molecule has 1 aromatic carbocycles. The monoisotopic (exact) mass is 323 g/mol. The fourth-order valence-electron chi connectivity index (χ4n) is 1.70. The van der Waals surface area contributed by atoms with Crippen molar-refractivity contribution in [1.82, 2.24) is 4.98 Å². The maximum atomic E-state index is 9.91. The zero-order valence-electron chi connectivity index (χ0n) is 10.1. The number of pyridine rings is 1. The third-order valence-corrected chi connectivity index (χ3v) is 3.24. The second kappa shape index (κ2) is 6.65. The first kappa shape index (κ1) is 14.0. The Kier molecular flexibility index (Phi) is 4.90. The van der Waals surface area contributed by atoms with E-state index in [-0.39, 0.29) is 6.61 Å². The lowest BCUT2D eigenvalue weighted by Crippen LogP contribution is -2.27. The predicted octanol–water partition coefficient (Wildman–Crippen LogP) is 2.32. The van der Waals surface area contributed by atoms with Gasteiger partial charge in [0.25, 0.3) is 0 Å². The smallest absolute Gasteiger partial charge is 0.153 e. The average molecular weight is 324 g/mol. The number of aliphatic hydroxyl groups is 2. The molecule has 19 heavy (non-hydrogen) atoms. The van der Waals surface area contributed by atoms with Crippen LogP contribution in [0.4, 0.5) is 0 Å². The van der Waals surface area contributed by atoms with E-state index >= 15 is 0 Å². The minimum absolute atomic E-state index is 0.378. The van der Waals surface area contributed by atoms with Crippen LogP contribution in [0.25, 0.3) is 0 Å². The van der Waals surface area contributed by atoms with E-state index in [0.29, 0.717) is 10.4 Å². The number of nitrogens with zero attached hydrogens (tertiary/aromatic N) is 1. The summed E-state index contributed by atoms with van der Waals surface area (Å²) in [5.74, 6) is 0.517. The van der Waals surface area contributed by atoms with Crippen LogP contribution >= 0.6 is 15.9 Å². The molecule has 0 saturated heterocycles. The van der Waals surface area contributed by atoms with Crippen molar-refractivity contribution in [2.45, 2.75) is 12.2 Å². The minimum atomic E-state index is -1.01. The molecule has 0 saturated carbocycles. The first-order valence-corrected chi connectivity index (χ1v) is 6.62. The van der Waals surface area contributed by atoms with Crippen molar-refractivity contribution in [2.24, 2.45) is 0 Å². The summed E-state index contributed by atoms with van der Waals surface area (Å²) in [6.07, 6.45) is -0.0158. The van der Waals surface area contributed by atoms with Gasteiger partial charge in [-0.2, -0.15) is 0 Å². The summed E-state index contributed by atoms with van der Waals surface area (Å²) < 4.78 is 6.32.